The predicted octanol–water partition coefficient (Wildman–Crippen LogP) is 2.47. The molecule has 0 spiro atoms. The molecule has 0 aliphatic heterocycles. The Morgan fingerprint density at radius 1 is 1.17 bits per heavy atom. The molecule has 0 saturated heterocycles. The summed E-state index contributed by atoms with van der Waals surface area (Å²) in [5.41, 5.74) is 12.5. The average Bonchev–Trinajstić information content (AvgIpc) is 2.34. The highest BCUT2D eigenvalue weighted by Crippen LogP contribution is 2.27. The Bertz CT molecular complexity index is 594. The molecule has 0 saturated carbocycles. The predicted molar refractivity (Wildman–Crippen MR) is 70.6 cm³/mol. The van der Waals surface area contributed by atoms with Crippen molar-refractivity contribution >= 4 is 11.6 Å². The lowest BCUT2D eigenvalue weighted by molar-refractivity contribution is 0.100. The van der Waals surface area contributed by atoms with Crippen LogP contribution < -0.4 is 16.2 Å². The summed E-state index contributed by atoms with van der Waals surface area (Å²) in [6.07, 6.45) is 0. The van der Waals surface area contributed by atoms with Crippen LogP contribution in [0.2, 0.25) is 0 Å². The number of nitrogens with two attached hydrogens (primary N) is 2. The summed E-state index contributed by atoms with van der Waals surface area (Å²) in [7, 11) is 0. The third kappa shape index (κ3) is 2.43. The molecule has 4 N–H and O–H groups in total. The number of carbonyl (C=O) groups excluding carboxylic acids is 1. The first kappa shape index (κ1) is 12.0. The van der Waals surface area contributed by atoms with Gasteiger partial charge >= 0.3 is 0 Å². The van der Waals surface area contributed by atoms with E-state index in [1.54, 1.807) is 18.2 Å². The van der Waals surface area contributed by atoms with Crippen molar-refractivity contribution in [3.63, 3.8) is 0 Å². The molecule has 1 amide bonds. The Morgan fingerprint density at radius 2 is 1.89 bits per heavy atom. The monoisotopic (exact) mass is 242 g/mol. The second-order valence-corrected chi connectivity index (χ2v) is 3.98. The van der Waals surface area contributed by atoms with Crippen LogP contribution in [0.5, 0.6) is 11.5 Å². The quantitative estimate of drug-likeness (QED) is 0.811. The molecule has 2 rings (SSSR count). The van der Waals surface area contributed by atoms with E-state index in [4.69, 9.17) is 16.2 Å². The Kier molecular flexibility index (Phi) is 3.19. The molecular weight excluding hydrogens is 228 g/mol. The zero-order valence-electron chi connectivity index (χ0n) is 10.0. The van der Waals surface area contributed by atoms with Crippen LogP contribution in [0.3, 0.4) is 0 Å². The van der Waals surface area contributed by atoms with Gasteiger partial charge in [-0.2, -0.15) is 0 Å². The number of anilines is 1. The van der Waals surface area contributed by atoms with Crippen molar-refractivity contribution in [1.29, 1.82) is 0 Å². The van der Waals surface area contributed by atoms with E-state index in [-0.39, 0.29) is 5.56 Å². The van der Waals surface area contributed by atoms with E-state index in [0.29, 0.717) is 11.4 Å². The van der Waals surface area contributed by atoms with Crippen molar-refractivity contribution in [2.75, 3.05) is 5.73 Å². The van der Waals surface area contributed by atoms with E-state index in [0.717, 1.165) is 11.3 Å². The van der Waals surface area contributed by atoms with Crippen LogP contribution in [0, 0.1) is 6.92 Å². The SMILES string of the molecule is Cc1ccccc1Oc1ccc(N)c(C(N)=O)c1. The molecule has 0 unspecified atom stereocenters. The smallest absolute Gasteiger partial charge is 0.250 e. The van der Waals surface area contributed by atoms with Crippen molar-refractivity contribution in [2.45, 2.75) is 6.92 Å². The highest BCUT2D eigenvalue weighted by Gasteiger charge is 2.08. The number of ether oxygens (including phenoxy) is 1. The first-order valence-electron chi connectivity index (χ1n) is 5.51. The van der Waals surface area contributed by atoms with E-state index in [1.807, 2.05) is 31.2 Å². The number of rotatable bonds is 3. The Labute approximate surface area is 105 Å². The van der Waals surface area contributed by atoms with Gasteiger partial charge in [0.15, 0.2) is 0 Å². The summed E-state index contributed by atoms with van der Waals surface area (Å²) < 4.78 is 5.69. The van der Waals surface area contributed by atoms with Gasteiger partial charge in [0.05, 0.1) is 5.56 Å². The Balaban J connectivity index is 2.33. The van der Waals surface area contributed by atoms with E-state index in [2.05, 4.69) is 0 Å². The molecule has 2 aromatic rings. The molecular formula is C14H14N2O2. The lowest BCUT2D eigenvalue weighted by atomic mass is 10.1. The second-order valence-electron chi connectivity index (χ2n) is 3.98. The van der Waals surface area contributed by atoms with Crippen molar-refractivity contribution in [2.24, 2.45) is 5.73 Å². The third-order valence-corrected chi connectivity index (χ3v) is 2.61. The fraction of sp³-hybridized carbons (Fsp3) is 0.0714. The summed E-state index contributed by atoms with van der Waals surface area (Å²) >= 11 is 0. The standard InChI is InChI=1S/C14H14N2O2/c1-9-4-2-3-5-13(9)18-10-6-7-12(15)11(8-10)14(16)17/h2-8H,15H2,1H3,(H2,16,17). The highest BCUT2D eigenvalue weighted by atomic mass is 16.5. The Hall–Kier alpha value is -2.49. The number of carbonyl (C=O) groups is 1. The van der Waals surface area contributed by atoms with Gasteiger partial charge in [-0.15, -0.1) is 0 Å². The first-order valence-corrected chi connectivity index (χ1v) is 5.51. The van der Waals surface area contributed by atoms with E-state index in [1.165, 1.54) is 0 Å². The number of primary amides is 1. The van der Waals surface area contributed by atoms with Gasteiger partial charge in [-0.3, -0.25) is 4.79 Å². The molecule has 0 radical (unpaired) electrons. The molecule has 0 aromatic heterocycles. The normalized spacial score (nSPS) is 10.1. The van der Waals surface area contributed by atoms with Gasteiger partial charge in [0.2, 0.25) is 0 Å². The van der Waals surface area contributed by atoms with Crippen molar-refractivity contribution < 1.29 is 9.53 Å². The van der Waals surface area contributed by atoms with Gasteiger partial charge in [0.25, 0.3) is 5.91 Å². The molecule has 4 nitrogen and oxygen atoms in total. The van der Waals surface area contributed by atoms with Crippen LogP contribution in [-0.4, -0.2) is 5.91 Å². The zero-order valence-corrected chi connectivity index (χ0v) is 10.0. The van der Waals surface area contributed by atoms with Gasteiger partial charge in [0.1, 0.15) is 11.5 Å². The fourth-order valence-electron chi connectivity index (χ4n) is 1.61. The van der Waals surface area contributed by atoms with Gasteiger partial charge < -0.3 is 16.2 Å². The summed E-state index contributed by atoms with van der Waals surface area (Å²) in [5.74, 6) is 0.702. The lowest BCUT2D eigenvalue weighted by Gasteiger charge is -2.10. The van der Waals surface area contributed by atoms with Gasteiger partial charge in [0, 0.05) is 5.69 Å². The summed E-state index contributed by atoms with van der Waals surface area (Å²) in [6, 6.07) is 12.5. The molecule has 0 atom stereocenters. The number of para-hydroxylation sites is 1. The number of nitrogen functional groups attached to an aromatic ring is 1. The molecule has 0 aliphatic carbocycles. The molecule has 92 valence electrons. The number of aryl methyl sites for hydroxylation is 1. The number of hydrogen-bond donors (Lipinski definition) is 2. The molecule has 18 heavy (non-hydrogen) atoms. The van der Waals surface area contributed by atoms with E-state index in [9.17, 15) is 4.79 Å². The maximum Gasteiger partial charge on any atom is 0.250 e. The number of hydrogen-bond acceptors (Lipinski definition) is 3. The van der Waals surface area contributed by atoms with Crippen LogP contribution in [0.25, 0.3) is 0 Å². The van der Waals surface area contributed by atoms with Gasteiger partial charge in [-0.05, 0) is 36.8 Å². The molecule has 0 heterocycles. The van der Waals surface area contributed by atoms with Crippen molar-refractivity contribution in [3.05, 3.63) is 53.6 Å². The Morgan fingerprint density at radius 3 is 2.56 bits per heavy atom. The van der Waals surface area contributed by atoms with Gasteiger partial charge in [-0.1, -0.05) is 18.2 Å². The summed E-state index contributed by atoms with van der Waals surface area (Å²) in [6.45, 7) is 1.95. The summed E-state index contributed by atoms with van der Waals surface area (Å²) in [5, 5.41) is 0. The zero-order chi connectivity index (χ0) is 13.1. The molecule has 0 bridgehead atoms. The molecule has 0 fully saturated rings. The first-order chi connectivity index (χ1) is 8.58. The maximum atomic E-state index is 11.2. The van der Waals surface area contributed by atoms with E-state index < -0.39 is 5.91 Å². The highest BCUT2D eigenvalue weighted by molar-refractivity contribution is 5.98. The van der Waals surface area contributed by atoms with Crippen LogP contribution in [-0.2, 0) is 0 Å². The largest absolute Gasteiger partial charge is 0.457 e. The second kappa shape index (κ2) is 4.79. The topological polar surface area (TPSA) is 78.3 Å². The van der Waals surface area contributed by atoms with Crippen LogP contribution in [0.4, 0.5) is 5.69 Å². The van der Waals surface area contributed by atoms with E-state index >= 15 is 0 Å². The minimum absolute atomic E-state index is 0.265. The van der Waals surface area contributed by atoms with Crippen LogP contribution in [0.15, 0.2) is 42.5 Å². The van der Waals surface area contributed by atoms with Crippen LogP contribution >= 0.6 is 0 Å². The molecule has 2 aromatic carbocycles. The lowest BCUT2D eigenvalue weighted by Crippen LogP contribution is -2.13. The third-order valence-electron chi connectivity index (χ3n) is 2.61. The summed E-state index contributed by atoms with van der Waals surface area (Å²) in [4.78, 5) is 11.2. The molecule has 0 aliphatic rings. The minimum atomic E-state index is -0.567. The molecule has 4 heteroatoms. The maximum absolute atomic E-state index is 11.2. The van der Waals surface area contributed by atoms with Crippen molar-refractivity contribution in [1.82, 2.24) is 0 Å². The number of amides is 1. The average molecular weight is 242 g/mol. The number of benzene rings is 2. The fourth-order valence-corrected chi connectivity index (χ4v) is 1.61. The van der Waals surface area contributed by atoms with Crippen molar-refractivity contribution in [3.8, 4) is 11.5 Å². The van der Waals surface area contributed by atoms with Gasteiger partial charge in [-0.25, -0.2) is 0 Å². The van der Waals surface area contributed by atoms with Crippen LogP contribution in [0.1, 0.15) is 15.9 Å². The minimum Gasteiger partial charge on any atom is -0.457 e.